The number of hydrogen-bond donors (Lipinski definition) is 2. The number of hydrogen-bond acceptors (Lipinski definition) is 4. The van der Waals surface area contributed by atoms with Crippen molar-refractivity contribution in [2.45, 2.75) is 51.3 Å². The molecule has 2 unspecified atom stereocenters. The SMILES string of the molecule is CC(C)OC(Cc1ccc(CNC(=O)OC(c2ccccc2)C(F)(F)F)cc1)C(=O)O. The van der Waals surface area contributed by atoms with Crippen molar-refractivity contribution in [2.75, 3.05) is 0 Å². The number of aliphatic carboxylic acids is 1. The van der Waals surface area contributed by atoms with Crippen LogP contribution in [0.5, 0.6) is 0 Å². The van der Waals surface area contributed by atoms with Crippen molar-refractivity contribution < 1.29 is 37.3 Å². The highest BCUT2D eigenvalue weighted by molar-refractivity contribution is 5.72. The molecule has 0 aliphatic carbocycles. The fraction of sp³-hybridized carbons (Fsp3) is 0.364. The number of alkyl halides is 3. The maximum absolute atomic E-state index is 13.3. The fourth-order valence-corrected chi connectivity index (χ4v) is 2.80. The van der Waals surface area contributed by atoms with Gasteiger partial charge in [-0.1, -0.05) is 54.6 Å². The Morgan fingerprint density at radius 1 is 1.00 bits per heavy atom. The average Bonchev–Trinajstić information content (AvgIpc) is 2.70. The summed E-state index contributed by atoms with van der Waals surface area (Å²) in [5.41, 5.74) is 1.15. The van der Waals surface area contributed by atoms with Gasteiger partial charge in [0.15, 0.2) is 6.10 Å². The van der Waals surface area contributed by atoms with Crippen LogP contribution in [0.4, 0.5) is 18.0 Å². The predicted molar refractivity (Wildman–Crippen MR) is 106 cm³/mol. The minimum atomic E-state index is -4.75. The van der Waals surface area contributed by atoms with Crippen molar-refractivity contribution >= 4 is 12.1 Å². The zero-order chi connectivity index (χ0) is 23.0. The Balaban J connectivity index is 1.93. The summed E-state index contributed by atoms with van der Waals surface area (Å²) in [6.07, 6.45) is -9.40. The number of amides is 1. The van der Waals surface area contributed by atoms with Crippen LogP contribution in [0.15, 0.2) is 54.6 Å². The first-order valence-electron chi connectivity index (χ1n) is 9.58. The quantitative estimate of drug-likeness (QED) is 0.595. The first kappa shape index (κ1) is 24.2. The van der Waals surface area contributed by atoms with E-state index in [1.54, 1.807) is 44.2 Å². The summed E-state index contributed by atoms with van der Waals surface area (Å²) in [4.78, 5) is 23.2. The van der Waals surface area contributed by atoms with Crippen LogP contribution in [0.2, 0.25) is 0 Å². The summed E-state index contributed by atoms with van der Waals surface area (Å²) in [5, 5.41) is 11.5. The largest absolute Gasteiger partial charge is 0.479 e. The number of rotatable bonds is 9. The van der Waals surface area contributed by atoms with Crippen molar-refractivity contribution in [3.05, 3.63) is 71.3 Å². The van der Waals surface area contributed by atoms with Gasteiger partial charge in [-0.25, -0.2) is 9.59 Å². The molecular formula is C22H24F3NO5. The molecule has 1 amide bonds. The summed E-state index contributed by atoms with van der Waals surface area (Å²) in [6, 6.07) is 13.5. The van der Waals surface area contributed by atoms with Crippen LogP contribution in [0, 0.1) is 0 Å². The highest BCUT2D eigenvalue weighted by Crippen LogP contribution is 2.35. The third-order valence-electron chi connectivity index (χ3n) is 4.22. The lowest BCUT2D eigenvalue weighted by atomic mass is 10.1. The summed E-state index contributed by atoms with van der Waals surface area (Å²) >= 11 is 0. The highest BCUT2D eigenvalue weighted by Gasteiger charge is 2.44. The van der Waals surface area contributed by atoms with Crippen molar-refractivity contribution in [3.8, 4) is 0 Å². The van der Waals surface area contributed by atoms with Crippen LogP contribution in [0.1, 0.15) is 36.6 Å². The lowest BCUT2D eigenvalue weighted by Crippen LogP contribution is -2.31. The first-order chi connectivity index (χ1) is 14.6. The number of carboxylic acid groups (broad SMARTS) is 1. The Morgan fingerprint density at radius 3 is 2.10 bits per heavy atom. The maximum Gasteiger partial charge on any atom is 0.429 e. The number of alkyl carbamates (subject to hydrolysis) is 1. The molecule has 2 atom stereocenters. The van der Waals surface area contributed by atoms with E-state index >= 15 is 0 Å². The molecule has 0 aliphatic heterocycles. The summed E-state index contributed by atoms with van der Waals surface area (Å²) in [7, 11) is 0. The van der Waals surface area contributed by atoms with Gasteiger partial charge in [0, 0.05) is 18.5 Å². The first-order valence-corrected chi connectivity index (χ1v) is 9.58. The van der Waals surface area contributed by atoms with Gasteiger partial charge in [-0.05, 0) is 25.0 Å². The number of carbonyl (C=O) groups excluding carboxylic acids is 1. The van der Waals surface area contributed by atoms with Crippen LogP contribution in [0.25, 0.3) is 0 Å². The van der Waals surface area contributed by atoms with E-state index in [-0.39, 0.29) is 24.6 Å². The number of ether oxygens (including phenoxy) is 2. The molecule has 0 aromatic heterocycles. The zero-order valence-corrected chi connectivity index (χ0v) is 17.1. The van der Waals surface area contributed by atoms with E-state index in [2.05, 4.69) is 10.1 Å². The summed E-state index contributed by atoms with van der Waals surface area (Å²) < 4.78 is 49.7. The van der Waals surface area contributed by atoms with E-state index in [0.29, 0.717) is 11.1 Å². The van der Waals surface area contributed by atoms with Crippen LogP contribution in [-0.2, 0) is 27.2 Å². The number of carboxylic acids is 1. The van der Waals surface area contributed by atoms with E-state index in [4.69, 9.17) is 4.74 Å². The van der Waals surface area contributed by atoms with Gasteiger partial charge in [-0.15, -0.1) is 0 Å². The van der Waals surface area contributed by atoms with E-state index < -0.39 is 30.4 Å². The normalized spacial score (nSPS) is 13.5. The van der Waals surface area contributed by atoms with Gasteiger partial charge in [0.1, 0.15) is 0 Å². The number of halogens is 3. The maximum atomic E-state index is 13.3. The Labute approximate surface area is 178 Å². The zero-order valence-electron chi connectivity index (χ0n) is 17.1. The summed E-state index contributed by atoms with van der Waals surface area (Å²) in [5.74, 6) is -1.07. The molecule has 0 spiro atoms. The predicted octanol–water partition coefficient (Wildman–Crippen LogP) is 4.64. The smallest absolute Gasteiger partial charge is 0.429 e. The van der Waals surface area contributed by atoms with Crippen molar-refractivity contribution in [2.24, 2.45) is 0 Å². The standard InChI is InChI=1S/C22H24F3NO5/c1-14(2)30-18(20(27)28)12-15-8-10-16(11-9-15)13-26-21(29)31-19(22(23,24)25)17-6-4-3-5-7-17/h3-11,14,18-19H,12-13H2,1-2H3,(H,26,29)(H,27,28). The highest BCUT2D eigenvalue weighted by atomic mass is 19.4. The second-order valence-electron chi connectivity index (χ2n) is 7.12. The van der Waals surface area contributed by atoms with Crippen molar-refractivity contribution in [1.82, 2.24) is 5.32 Å². The van der Waals surface area contributed by atoms with Gasteiger partial charge < -0.3 is 19.9 Å². The van der Waals surface area contributed by atoms with Crippen LogP contribution in [0.3, 0.4) is 0 Å². The van der Waals surface area contributed by atoms with Crippen LogP contribution >= 0.6 is 0 Å². The molecule has 2 rings (SSSR count). The monoisotopic (exact) mass is 439 g/mol. The number of carbonyl (C=O) groups is 2. The van der Waals surface area contributed by atoms with Gasteiger partial charge >= 0.3 is 18.2 Å². The van der Waals surface area contributed by atoms with E-state index in [0.717, 1.165) is 0 Å². The number of benzene rings is 2. The molecule has 0 aliphatic rings. The van der Waals surface area contributed by atoms with Crippen LogP contribution < -0.4 is 5.32 Å². The molecule has 168 valence electrons. The van der Waals surface area contributed by atoms with Gasteiger partial charge in [-0.3, -0.25) is 0 Å². The Morgan fingerprint density at radius 2 is 1.58 bits per heavy atom. The third kappa shape index (κ3) is 7.93. The fourth-order valence-electron chi connectivity index (χ4n) is 2.80. The summed E-state index contributed by atoms with van der Waals surface area (Å²) in [6.45, 7) is 3.43. The molecule has 0 heterocycles. The Bertz CT molecular complexity index is 854. The van der Waals surface area contributed by atoms with Gasteiger partial charge in [-0.2, -0.15) is 13.2 Å². The number of nitrogens with one attached hydrogen (secondary N) is 1. The molecule has 0 radical (unpaired) electrons. The van der Waals surface area contributed by atoms with Gasteiger partial charge in [0.05, 0.1) is 6.10 Å². The molecule has 0 saturated carbocycles. The lowest BCUT2D eigenvalue weighted by molar-refractivity contribution is -0.206. The molecule has 2 aromatic carbocycles. The molecule has 2 aromatic rings. The molecule has 9 heteroatoms. The average molecular weight is 439 g/mol. The molecule has 0 fully saturated rings. The third-order valence-corrected chi connectivity index (χ3v) is 4.22. The molecule has 31 heavy (non-hydrogen) atoms. The van der Waals surface area contributed by atoms with Gasteiger partial charge in [0.25, 0.3) is 0 Å². The molecule has 0 bridgehead atoms. The van der Waals surface area contributed by atoms with Crippen molar-refractivity contribution in [3.63, 3.8) is 0 Å². The Kier molecular flexibility index (Phi) is 8.44. The second kappa shape index (κ2) is 10.8. The second-order valence-corrected chi connectivity index (χ2v) is 7.12. The van der Waals surface area contributed by atoms with Gasteiger partial charge in [0.2, 0.25) is 6.10 Å². The van der Waals surface area contributed by atoms with E-state index in [9.17, 15) is 27.9 Å². The lowest BCUT2D eigenvalue weighted by Gasteiger charge is -2.21. The van der Waals surface area contributed by atoms with E-state index in [1.165, 1.54) is 24.3 Å². The van der Waals surface area contributed by atoms with Crippen molar-refractivity contribution in [1.29, 1.82) is 0 Å². The Hall–Kier alpha value is -3.07. The molecule has 0 saturated heterocycles. The molecular weight excluding hydrogens is 415 g/mol. The minimum Gasteiger partial charge on any atom is -0.479 e. The van der Waals surface area contributed by atoms with Crippen LogP contribution in [-0.4, -0.2) is 35.6 Å². The topological polar surface area (TPSA) is 84.9 Å². The van der Waals surface area contributed by atoms with E-state index in [1.807, 2.05) is 0 Å². The molecule has 2 N–H and O–H groups in total. The minimum absolute atomic E-state index is 0.0522. The molecule has 6 nitrogen and oxygen atoms in total.